The van der Waals surface area contributed by atoms with Gasteiger partial charge in [-0.25, -0.2) is 0 Å². The number of rotatable bonds is 2. The molecule has 0 spiro atoms. The van der Waals surface area contributed by atoms with Gasteiger partial charge >= 0.3 is 0 Å². The number of nitrogens with zero attached hydrogens (tertiary/aromatic N) is 2. The minimum absolute atomic E-state index is 0.573. The summed E-state index contributed by atoms with van der Waals surface area (Å²) in [6.45, 7) is 12.6. The molecule has 3 heteroatoms. The van der Waals surface area contributed by atoms with Crippen molar-refractivity contribution >= 4 is 0 Å². The van der Waals surface area contributed by atoms with Gasteiger partial charge in [0.1, 0.15) is 0 Å². The van der Waals surface area contributed by atoms with Gasteiger partial charge in [0.25, 0.3) is 0 Å². The highest BCUT2D eigenvalue weighted by molar-refractivity contribution is 5.35. The zero-order chi connectivity index (χ0) is 13.2. The molecule has 2 heterocycles. The Bertz CT molecular complexity index is 436. The van der Waals surface area contributed by atoms with E-state index in [0.29, 0.717) is 6.04 Å². The maximum Gasteiger partial charge on any atom is 0.0477 e. The summed E-state index contributed by atoms with van der Waals surface area (Å²) in [6, 6.07) is 7.53. The third-order valence-electron chi connectivity index (χ3n) is 4.61. The standard InChI is InChI=1S/C16H25N3/c1-3-18-6-8-19(9-7-18)16-12-17-11-14-10-13(2)4-5-15(14)16/h4-5,10,16-17H,3,6-9,11-12H2,1-2H3/t16-/m1/s1. The fourth-order valence-electron chi connectivity index (χ4n) is 3.38. The van der Waals surface area contributed by atoms with Crippen LogP contribution in [0.25, 0.3) is 0 Å². The van der Waals surface area contributed by atoms with Crippen LogP contribution in [0.4, 0.5) is 0 Å². The molecule has 1 N–H and O–H groups in total. The first-order valence-electron chi connectivity index (χ1n) is 7.54. The highest BCUT2D eigenvalue weighted by Gasteiger charge is 2.28. The van der Waals surface area contributed by atoms with Crippen LogP contribution >= 0.6 is 0 Å². The van der Waals surface area contributed by atoms with E-state index in [1.807, 2.05) is 0 Å². The first kappa shape index (κ1) is 13.1. The van der Waals surface area contributed by atoms with Crippen molar-refractivity contribution in [2.24, 2.45) is 0 Å². The highest BCUT2D eigenvalue weighted by atomic mass is 15.3. The average Bonchev–Trinajstić information content (AvgIpc) is 2.46. The summed E-state index contributed by atoms with van der Waals surface area (Å²) in [6.07, 6.45) is 0. The minimum atomic E-state index is 0.573. The number of benzene rings is 1. The summed E-state index contributed by atoms with van der Waals surface area (Å²) >= 11 is 0. The van der Waals surface area contributed by atoms with Crippen LogP contribution in [-0.4, -0.2) is 49.1 Å². The molecule has 3 rings (SSSR count). The normalized spacial score (nSPS) is 25.3. The number of likely N-dealkylation sites (N-methyl/N-ethyl adjacent to an activating group) is 1. The number of aryl methyl sites for hydroxylation is 1. The summed E-state index contributed by atoms with van der Waals surface area (Å²) in [5, 5.41) is 3.59. The van der Waals surface area contributed by atoms with Crippen molar-refractivity contribution < 1.29 is 0 Å². The molecule has 0 bridgehead atoms. The Labute approximate surface area is 116 Å². The molecule has 1 fully saturated rings. The second-order valence-electron chi connectivity index (χ2n) is 5.82. The Hall–Kier alpha value is -0.900. The molecule has 0 aliphatic carbocycles. The van der Waals surface area contributed by atoms with Crippen LogP contribution in [0.3, 0.4) is 0 Å². The van der Waals surface area contributed by atoms with Crippen LogP contribution in [0.15, 0.2) is 18.2 Å². The highest BCUT2D eigenvalue weighted by Crippen LogP contribution is 2.28. The van der Waals surface area contributed by atoms with Crippen molar-refractivity contribution in [3.05, 3.63) is 34.9 Å². The average molecular weight is 259 g/mol. The quantitative estimate of drug-likeness (QED) is 0.873. The third-order valence-corrected chi connectivity index (χ3v) is 4.61. The summed E-state index contributed by atoms with van der Waals surface area (Å²) < 4.78 is 0. The number of hydrogen-bond donors (Lipinski definition) is 1. The Morgan fingerprint density at radius 2 is 2.00 bits per heavy atom. The minimum Gasteiger partial charge on any atom is -0.311 e. The van der Waals surface area contributed by atoms with Crippen LogP contribution < -0.4 is 5.32 Å². The first-order chi connectivity index (χ1) is 9.28. The SMILES string of the molecule is CCN1CCN([C@@H]2CNCc3cc(C)ccc32)CC1. The lowest BCUT2D eigenvalue weighted by Gasteiger charge is -2.41. The fourth-order valence-corrected chi connectivity index (χ4v) is 3.38. The second-order valence-corrected chi connectivity index (χ2v) is 5.82. The molecule has 0 radical (unpaired) electrons. The monoisotopic (exact) mass is 259 g/mol. The maximum absolute atomic E-state index is 3.59. The van der Waals surface area contributed by atoms with E-state index in [2.05, 4.69) is 47.2 Å². The van der Waals surface area contributed by atoms with Gasteiger partial charge in [-0.1, -0.05) is 30.7 Å². The number of piperazine rings is 1. The lowest BCUT2D eigenvalue weighted by atomic mass is 9.93. The molecule has 0 amide bonds. The topological polar surface area (TPSA) is 18.5 Å². The molecular weight excluding hydrogens is 234 g/mol. The van der Waals surface area contributed by atoms with E-state index in [1.165, 1.54) is 43.9 Å². The molecule has 1 aromatic carbocycles. The summed E-state index contributed by atoms with van der Waals surface area (Å²) in [7, 11) is 0. The number of hydrogen-bond acceptors (Lipinski definition) is 3. The van der Waals surface area contributed by atoms with Crippen molar-refractivity contribution in [2.45, 2.75) is 26.4 Å². The molecule has 1 atom stereocenters. The van der Waals surface area contributed by atoms with Crippen LogP contribution in [0.5, 0.6) is 0 Å². The predicted molar refractivity (Wildman–Crippen MR) is 79.3 cm³/mol. The Morgan fingerprint density at radius 3 is 2.74 bits per heavy atom. The van der Waals surface area contributed by atoms with E-state index in [1.54, 1.807) is 5.56 Å². The Morgan fingerprint density at radius 1 is 1.21 bits per heavy atom. The van der Waals surface area contributed by atoms with E-state index in [-0.39, 0.29) is 0 Å². The van der Waals surface area contributed by atoms with Gasteiger partial charge in [0.05, 0.1) is 0 Å². The summed E-state index contributed by atoms with van der Waals surface area (Å²) in [5.41, 5.74) is 4.42. The van der Waals surface area contributed by atoms with Crippen molar-refractivity contribution in [1.29, 1.82) is 0 Å². The van der Waals surface area contributed by atoms with Gasteiger partial charge in [0, 0.05) is 45.3 Å². The van der Waals surface area contributed by atoms with Crippen molar-refractivity contribution in [2.75, 3.05) is 39.3 Å². The zero-order valence-electron chi connectivity index (χ0n) is 12.2. The van der Waals surface area contributed by atoms with Crippen molar-refractivity contribution in [3.8, 4) is 0 Å². The largest absolute Gasteiger partial charge is 0.311 e. The molecule has 104 valence electrons. The van der Waals surface area contributed by atoms with Gasteiger partial charge in [-0.3, -0.25) is 4.90 Å². The lowest BCUT2D eigenvalue weighted by molar-refractivity contribution is 0.0949. The predicted octanol–water partition coefficient (Wildman–Crippen LogP) is 1.78. The molecular formula is C16H25N3. The molecule has 1 saturated heterocycles. The van der Waals surface area contributed by atoms with Gasteiger partial charge in [-0.2, -0.15) is 0 Å². The molecule has 19 heavy (non-hydrogen) atoms. The van der Waals surface area contributed by atoms with Crippen LogP contribution in [0, 0.1) is 6.92 Å². The molecule has 2 aliphatic heterocycles. The van der Waals surface area contributed by atoms with E-state index < -0.39 is 0 Å². The molecule has 0 saturated carbocycles. The van der Waals surface area contributed by atoms with Crippen LogP contribution in [-0.2, 0) is 6.54 Å². The fraction of sp³-hybridized carbons (Fsp3) is 0.625. The van der Waals surface area contributed by atoms with Crippen molar-refractivity contribution in [1.82, 2.24) is 15.1 Å². The van der Waals surface area contributed by atoms with Gasteiger partial charge in [-0.05, 0) is 24.6 Å². The van der Waals surface area contributed by atoms with E-state index >= 15 is 0 Å². The number of nitrogens with one attached hydrogen (secondary N) is 1. The summed E-state index contributed by atoms with van der Waals surface area (Å²) in [4.78, 5) is 5.20. The lowest BCUT2D eigenvalue weighted by Crippen LogP contribution is -2.50. The zero-order valence-corrected chi connectivity index (χ0v) is 12.2. The van der Waals surface area contributed by atoms with Gasteiger partial charge in [0.15, 0.2) is 0 Å². The van der Waals surface area contributed by atoms with Crippen LogP contribution in [0.2, 0.25) is 0 Å². The Kier molecular flexibility index (Phi) is 3.87. The third kappa shape index (κ3) is 2.69. The van der Waals surface area contributed by atoms with E-state index in [0.717, 1.165) is 13.1 Å². The smallest absolute Gasteiger partial charge is 0.0477 e. The van der Waals surface area contributed by atoms with Gasteiger partial charge in [0.2, 0.25) is 0 Å². The maximum atomic E-state index is 3.59. The molecule has 0 aromatic heterocycles. The number of fused-ring (bicyclic) bond motifs is 1. The van der Waals surface area contributed by atoms with Gasteiger partial charge in [-0.15, -0.1) is 0 Å². The molecule has 2 aliphatic rings. The summed E-state index contributed by atoms with van der Waals surface area (Å²) in [5.74, 6) is 0. The second kappa shape index (κ2) is 5.61. The molecule has 0 unspecified atom stereocenters. The van der Waals surface area contributed by atoms with Crippen molar-refractivity contribution in [3.63, 3.8) is 0 Å². The Balaban J connectivity index is 1.77. The first-order valence-corrected chi connectivity index (χ1v) is 7.54. The molecule has 1 aromatic rings. The van der Waals surface area contributed by atoms with Gasteiger partial charge < -0.3 is 10.2 Å². The molecule has 3 nitrogen and oxygen atoms in total. The van der Waals surface area contributed by atoms with E-state index in [4.69, 9.17) is 0 Å². The van der Waals surface area contributed by atoms with Crippen LogP contribution in [0.1, 0.15) is 29.7 Å². The van der Waals surface area contributed by atoms with E-state index in [9.17, 15) is 0 Å².